The zero-order chi connectivity index (χ0) is 12.8. The molecule has 1 heterocycles. The molecule has 6 heteroatoms. The van der Waals surface area contributed by atoms with Crippen LogP contribution < -0.4 is 10.7 Å². The summed E-state index contributed by atoms with van der Waals surface area (Å²) in [4.78, 5) is 0. The lowest BCUT2D eigenvalue weighted by Gasteiger charge is -2.06. The van der Waals surface area contributed by atoms with Crippen LogP contribution in [0.1, 0.15) is 5.56 Å². The van der Waals surface area contributed by atoms with E-state index < -0.39 is 0 Å². The van der Waals surface area contributed by atoms with Gasteiger partial charge >= 0.3 is 0 Å². The molecule has 0 saturated heterocycles. The van der Waals surface area contributed by atoms with Crippen molar-refractivity contribution in [1.29, 1.82) is 0 Å². The van der Waals surface area contributed by atoms with Gasteiger partial charge in [-0.25, -0.2) is 0 Å². The summed E-state index contributed by atoms with van der Waals surface area (Å²) in [5.74, 6) is 0. The lowest BCUT2D eigenvalue weighted by Crippen LogP contribution is -2.23. The smallest absolute Gasteiger partial charge is 0.191 e. The second-order valence-electron chi connectivity index (χ2n) is 3.39. The van der Waals surface area contributed by atoms with E-state index in [2.05, 4.69) is 31.8 Å². The van der Waals surface area contributed by atoms with Gasteiger partial charge in [0.15, 0.2) is 5.11 Å². The number of halogens is 1. The second kappa shape index (κ2) is 6.63. The Morgan fingerprint density at radius 2 is 2.28 bits per heavy atom. The van der Waals surface area contributed by atoms with Crippen LogP contribution in [0.4, 0.5) is 5.69 Å². The van der Waals surface area contributed by atoms with Crippen molar-refractivity contribution in [3.05, 3.63) is 51.1 Å². The van der Waals surface area contributed by atoms with Gasteiger partial charge in [0.2, 0.25) is 0 Å². The van der Waals surface area contributed by atoms with Crippen molar-refractivity contribution < 1.29 is 0 Å². The van der Waals surface area contributed by atoms with Crippen LogP contribution in [0.5, 0.6) is 0 Å². The third-order valence-electron chi connectivity index (χ3n) is 2.01. The standard InChI is InChI=1S/C12H10BrN3S2/c13-10-2-1-3-11(6-10)15-12(17)16-14-7-9-4-5-18-8-9/h1-8H,(H2,15,16,17)/b14-7-. The van der Waals surface area contributed by atoms with E-state index in [9.17, 15) is 0 Å². The van der Waals surface area contributed by atoms with Crippen LogP contribution in [0.25, 0.3) is 0 Å². The lowest BCUT2D eigenvalue weighted by molar-refractivity contribution is 1.05. The Hall–Kier alpha value is -1.24. The van der Waals surface area contributed by atoms with E-state index in [-0.39, 0.29) is 0 Å². The number of benzene rings is 1. The normalized spacial score (nSPS) is 10.5. The molecule has 18 heavy (non-hydrogen) atoms. The average Bonchev–Trinajstić information content (AvgIpc) is 2.82. The monoisotopic (exact) mass is 339 g/mol. The van der Waals surface area contributed by atoms with Crippen molar-refractivity contribution in [3.63, 3.8) is 0 Å². The van der Waals surface area contributed by atoms with Gasteiger partial charge in [0.25, 0.3) is 0 Å². The Morgan fingerprint density at radius 1 is 1.39 bits per heavy atom. The van der Waals surface area contributed by atoms with Crippen LogP contribution >= 0.6 is 39.5 Å². The Bertz CT molecular complexity index is 552. The lowest BCUT2D eigenvalue weighted by atomic mass is 10.3. The second-order valence-corrected chi connectivity index (χ2v) is 5.50. The molecule has 0 radical (unpaired) electrons. The molecular formula is C12H10BrN3S2. The largest absolute Gasteiger partial charge is 0.331 e. The number of nitrogens with zero attached hydrogens (tertiary/aromatic N) is 1. The highest BCUT2D eigenvalue weighted by Gasteiger charge is 1.96. The van der Waals surface area contributed by atoms with E-state index in [4.69, 9.17) is 12.2 Å². The summed E-state index contributed by atoms with van der Waals surface area (Å²) in [6, 6.07) is 9.75. The van der Waals surface area contributed by atoms with Crippen LogP contribution in [0.2, 0.25) is 0 Å². The summed E-state index contributed by atoms with van der Waals surface area (Å²) in [6.45, 7) is 0. The topological polar surface area (TPSA) is 36.4 Å². The number of hydrogen-bond donors (Lipinski definition) is 2. The minimum atomic E-state index is 0.458. The number of hydrogen-bond acceptors (Lipinski definition) is 3. The van der Waals surface area contributed by atoms with Crippen molar-refractivity contribution in [2.75, 3.05) is 5.32 Å². The van der Waals surface area contributed by atoms with E-state index >= 15 is 0 Å². The minimum absolute atomic E-state index is 0.458. The summed E-state index contributed by atoms with van der Waals surface area (Å²) < 4.78 is 0.997. The van der Waals surface area contributed by atoms with Crippen molar-refractivity contribution in [2.24, 2.45) is 5.10 Å². The summed E-state index contributed by atoms with van der Waals surface area (Å²) in [7, 11) is 0. The molecule has 0 fully saturated rings. The molecule has 0 aliphatic rings. The molecule has 0 atom stereocenters. The minimum Gasteiger partial charge on any atom is -0.331 e. The molecule has 1 aromatic carbocycles. The van der Waals surface area contributed by atoms with Crippen LogP contribution in [0.15, 0.2) is 50.7 Å². The van der Waals surface area contributed by atoms with Gasteiger partial charge in [-0.05, 0) is 47.2 Å². The fourth-order valence-corrected chi connectivity index (χ4v) is 2.42. The Labute approximate surface area is 123 Å². The molecular weight excluding hydrogens is 330 g/mol. The third-order valence-corrected chi connectivity index (χ3v) is 3.39. The predicted octanol–water partition coefficient (Wildman–Crippen LogP) is 3.83. The number of hydrazone groups is 1. The molecule has 1 aromatic heterocycles. The number of rotatable bonds is 3. The van der Waals surface area contributed by atoms with Crippen molar-refractivity contribution >= 4 is 56.5 Å². The van der Waals surface area contributed by atoms with Gasteiger partial charge in [0.1, 0.15) is 0 Å². The number of anilines is 1. The first-order valence-electron chi connectivity index (χ1n) is 5.12. The molecule has 0 spiro atoms. The van der Waals surface area contributed by atoms with E-state index in [0.29, 0.717) is 5.11 Å². The first-order chi connectivity index (χ1) is 8.74. The van der Waals surface area contributed by atoms with Crippen molar-refractivity contribution in [1.82, 2.24) is 5.43 Å². The van der Waals surface area contributed by atoms with Gasteiger partial charge in [-0.2, -0.15) is 16.4 Å². The van der Waals surface area contributed by atoms with Crippen molar-refractivity contribution in [3.8, 4) is 0 Å². The fourth-order valence-electron chi connectivity index (χ4n) is 1.24. The first kappa shape index (κ1) is 13.2. The van der Waals surface area contributed by atoms with E-state index in [1.807, 2.05) is 41.1 Å². The molecule has 3 nitrogen and oxygen atoms in total. The molecule has 0 amide bonds. The van der Waals surface area contributed by atoms with Crippen LogP contribution in [-0.2, 0) is 0 Å². The Balaban J connectivity index is 1.86. The van der Waals surface area contributed by atoms with Crippen LogP contribution in [0.3, 0.4) is 0 Å². The third kappa shape index (κ3) is 4.21. The zero-order valence-electron chi connectivity index (χ0n) is 9.26. The molecule has 0 aliphatic heterocycles. The molecule has 2 rings (SSSR count). The van der Waals surface area contributed by atoms with E-state index in [0.717, 1.165) is 15.7 Å². The summed E-state index contributed by atoms with van der Waals surface area (Å²) >= 11 is 10.2. The van der Waals surface area contributed by atoms with E-state index in [1.54, 1.807) is 17.6 Å². The summed E-state index contributed by atoms with van der Waals surface area (Å²) in [5, 5.41) is 11.6. The molecule has 92 valence electrons. The highest BCUT2D eigenvalue weighted by Crippen LogP contribution is 2.15. The molecule has 0 aliphatic carbocycles. The highest BCUT2D eigenvalue weighted by atomic mass is 79.9. The van der Waals surface area contributed by atoms with Crippen LogP contribution in [-0.4, -0.2) is 11.3 Å². The SMILES string of the molecule is S=C(N/N=C\c1ccsc1)Nc1cccc(Br)c1. The van der Waals surface area contributed by atoms with Gasteiger partial charge in [-0.3, -0.25) is 5.43 Å². The first-order valence-corrected chi connectivity index (χ1v) is 7.26. The quantitative estimate of drug-likeness (QED) is 0.506. The fraction of sp³-hybridized carbons (Fsp3) is 0. The van der Waals surface area contributed by atoms with Crippen LogP contribution in [0, 0.1) is 0 Å². The number of nitrogens with one attached hydrogen (secondary N) is 2. The summed E-state index contributed by atoms with van der Waals surface area (Å²) in [5.41, 5.74) is 4.73. The van der Waals surface area contributed by atoms with E-state index in [1.165, 1.54) is 0 Å². The molecule has 0 saturated carbocycles. The van der Waals surface area contributed by atoms with Gasteiger partial charge < -0.3 is 5.32 Å². The maximum absolute atomic E-state index is 5.13. The van der Waals surface area contributed by atoms with Gasteiger partial charge in [-0.1, -0.05) is 22.0 Å². The maximum Gasteiger partial charge on any atom is 0.191 e. The van der Waals surface area contributed by atoms with Gasteiger partial charge in [-0.15, -0.1) is 0 Å². The average molecular weight is 340 g/mol. The van der Waals surface area contributed by atoms with Gasteiger partial charge in [0, 0.05) is 15.7 Å². The highest BCUT2D eigenvalue weighted by molar-refractivity contribution is 9.10. The molecule has 0 unspecified atom stereocenters. The number of thiophene rings is 1. The number of thiocarbonyl (C=S) groups is 1. The summed E-state index contributed by atoms with van der Waals surface area (Å²) in [6.07, 6.45) is 1.73. The maximum atomic E-state index is 5.13. The molecule has 0 bridgehead atoms. The van der Waals surface area contributed by atoms with Crippen molar-refractivity contribution in [2.45, 2.75) is 0 Å². The predicted molar refractivity (Wildman–Crippen MR) is 85.4 cm³/mol. The Morgan fingerprint density at radius 3 is 3.00 bits per heavy atom. The Kier molecular flexibility index (Phi) is 4.86. The molecule has 2 N–H and O–H groups in total. The van der Waals surface area contributed by atoms with Gasteiger partial charge in [0.05, 0.1) is 6.21 Å². The molecule has 2 aromatic rings. The zero-order valence-corrected chi connectivity index (χ0v) is 12.5.